The summed E-state index contributed by atoms with van der Waals surface area (Å²) in [4.78, 5) is 42.8. The van der Waals surface area contributed by atoms with Gasteiger partial charge in [-0.1, -0.05) is 43.0 Å². The van der Waals surface area contributed by atoms with Crippen molar-refractivity contribution >= 4 is 29.3 Å². The van der Waals surface area contributed by atoms with Crippen LogP contribution in [-0.2, 0) is 14.3 Å². The lowest BCUT2D eigenvalue weighted by molar-refractivity contribution is -0.763. The molecular formula is C24H25N4O5S+. The second-order valence-electron chi connectivity index (χ2n) is 7.40. The van der Waals surface area contributed by atoms with Crippen LogP contribution in [0.4, 0.5) is 5.69 Å². The lowest BCUT2D eigenvalue weighted by Gasteiger charge is -2.32. The van der Waals surface area contributed by atoms with Crippen molar-refractivity contribution in [2.24, 2.45) is 0 Å². The average Bonchev–Trinajstić information content (AvgIpc) is 2.86. The number of aromatic amines is 1. The topological polar surface area (TPSA) is 105 Å². The molecule has 1 aliphatic heterocycles. The van der Waals surface area contributed by atoms with Crippen LogP contribution >= 0.6 is 11.8 Å². The number of para-hydroxylation sites is 2. The molecule has 0 unspecified atom stereocenters. The second kappa shape index (κ2) is 10.1. The zero-order valence-electron chi connectivity index (χ0n) is 19.1. The van der Waals surface area contributed by atoms with Gasteiger partial charge in [-0.25, -0.2) is 9.69 Å². The van der Waals surface area contributed by atoms with Crippen LogP contribution in [0.25, 0.3) is 11.3 Å². The van der Waals surface area contributed by atoms with Crippen LogP contribution in [0.2, 0.25) is 0 Å². The summed E-state index contributed by atoms with van der Waals surface area (Å²) in [6, 6.07) is 14.3. The van der Waals surface area contributed by atoms with Crippen molar-refractivity contribution in [2.45, 2.75) is 31.6 Å². The first-order valence-corrected chi connectivity index (χ1v) is 12.1. The van der Waals surface area contributed by atoms with E-state index in [9.17, 15) is 14.4 Å². The third kappa shape index (κ3) is 4.28. The predicted molar refractivity (Wildman–Crippen MR) is 127 cm³/mol. The van der Waals surface area contributed by atoms with Gasteiger partial charge in [0.25, 0.3) is 6.17 Å². The van der Waals surface area contributed by atoms with Crippen molar-refractivity contribution in [3.63, 3.8) is 0 Å². The maximum absolute atomic E-state index is 13.3. The number of nitrogens with one attached hydrogen (secondary N) is 1. The van der Waals surface area contributed by atoms with Crippen LogP contribution < -0.4 is 19.9 Å². The maximum Gasteiger partial charge on any atom is 0.344 e. The largest absolute Gasteiger partial charge is 0.481 e. The van der Waals surface area contributed by atoms with Gasteiger partial charge in [-0.3, -0.25) is 14.6 Å². The molecule has 2 aromatic carbocycles. The first-order valence-electron chi connectivity index (χ1n) is 10.9. The first kappa shape index (κ1) is 23.5. The zero-order chi connectivity index (χ0) is 24.2. The minimum absolute atomic E-state index is 0.149. The number of thioether (sulfide) groups is 1. The van der Waals surface area contributed by atoms with Gasteiger partial charge in [-0.2, -0.15) is 0 Å². The number of amides is 1. The molecule has 0 radical (unpaired) electrons. The summed E-state index contributed by atoms with van der Waals surface area (Å²) in [5.41, 5.74) is 1.80. The molecule has 0 saturated carbocycles. The Labute approximate surface area is 200 Å². The number of carbonyl (C=O) groups is 2. The monoisotopic (exact) mass is 481 g/mol. The van der Waals surface area contributed by atoms with Gasteiger partial charge < -0.3 is 9.47 Å². The highest BCUT2D eigenvalue weighted by atomic mass is 32.2. The number of benzene rings is 2. The quantitative estimate of drug-likeness (QED) is 0.314. The molecule has 2 heterocycles. The fourth-order valence-electron chi connectivity index (χ4n) is 3.95. The predicted octanol–water partition coefficient (Wildman–Crippen LogP) is 2.69. The summed E-state index contributed by atoms with van der Waals surface area (Å²) >= 11 is 1.29. The molecule has 1 N–H and O–H groups in total. The van der Waals surface area contributed by atoms with Crippen LogP contribution in [0, 0.1) is 0 Å². The Balaban J connectivity index is 1.95. The summed E-state index contributed by atoms with van der Waals surface area (Å²) in [6.07, 6.45) is 1.25. The van der Waals surface area contributed by atoms with E-state index >= 15 is 0 Å². The molecule has 1 aliphatic rings. The van der Waals surface area contributed by atoms with Crippen LogP contribution in [0.1, 0.15) is 32.0 Å². The van der Waals surface area contributed by atoms with Crippen molar-refractivity contribution in [1.29, 1.82) is 0 Å². The Morgan fingerprint density at radius 3 is 2.62 bits per heavy atom. The Kier molecular flexibility index (Phi) is 6.97. The number of hydrogen-bond donors (Lipinski definition) is 1. The normalized spacial score (nSPS) is 14.2. The van der Waals surface area contributed by atoms with E-state index in [-0.39, 0.29) is 31.1 Å². The minimum atomic E-state index is -0.802. The van der Waals surface area contributed by atoms with Gasteiger partial charge in [0.1, 0.15) is 5.75 Å². The van der Waals surface area contributed by atoms with E-state index in [4.69, 9.17) is 9.47 Å². The van der Waals surface area contributed by atoms with Crippen molar-refractivity contribution < 1.29 is 23.7 Å². The summed E-state index contributed by atoms with van der Waals surface area (Å²) in [7, 11) is 0. The molecule has 4 rings (SSSR count). The Morgan fingerprint density at radius 2 is 1.88 bits per heavy atom. The highest BCUT2D eigenvalue weighted by Gasteiger charge is 2.46. The molecule has 0 saturated heterocycles. The Morgan fingerprint density at radius 1 is 1.15 bits per heavy atom. The standard InChI is InChI=1S/C24H24N4O5S/c1-4-19(29)27-17-12-8-6-10-15(17)21-22(31)25-24(34-3)26-28(21)23(27)16-11-7-9-13-18(16)33-14-20(30)32-5-2/h6-13,23H,4-5,14H2,1-3H3/p+1/t23-/m1/s1. The number of rotatable bonds is 7. The number of nitrogens with zero attached hydrogens (tertiary/aromatic N) is 3. The SMILES string of the molecule is CCOC(=O)COc1ccccc1[C@@H]1N(C(=O)CC)c2ccccc2-c2c(=O)[nH]c(SC)n[n+]21. The number of hydrogen-bond acceptors (Lipinski definition) is 7. The van der Waals surface area contributed by atoms with Crippen molar-refractivity contribution in [1.82, 2.24) is 10.1 Å². The van der Waals surface area contributed by atoms with Crippen molar-refractivity contribution in [3.8, 4) is 17.0 Å². The third-order valence-electron chi connectivity index (χ3n) is 5.37. The molecular weight excluding hydrogens is 456 g/mol. The Bertz CT molecular complexity index is 1290. The molecule has 34 heavy (non-hydrogen) atoms. The van der Waals surface area contributed by atoms with E-state index in [2.05, 4.69) is 10.1 Å². The lowest BCUT2D eigenvalue weighted by Crippen LogP contribution is -2.61. The van der Waals surface area contributed by atoms with Gasteiger partial charge in [0.2, 0.25) is 11.1 Å². The van der Waals surface area contributed by atoms with Gasteiger partial charge in [0.15, 0.2) is 6.61 Å². The van der Waals surface area contributed by atoms with E-state index in [1.54, 1.807) is 47.7 Å². The van der Waals surface area contributed by atoms with Gasteiger partial charge >= 0.3 is 17.2 Å². The molecule has 3 aromatic rings. The molecule has 1 atom stereocenters. The highest BCUT2D eigenvalue weighted by Crippen LogP contribution is 2.39. The van der Waals surface area contributed by atoms with Crippen LogP contribution in [0.5, 0.6) is 5.75 Å². The molecule has 0 fully saturated rings. The molecule has 0 bridgehead atoms. The maximum atomic E-state index is 13.3. The molecule has 0 aliphatic carbocycles. The number of anilines is 1. The van der Waals surface area contributed by atoms with Gasteiger partial charge in [0, 0.05) is 11.5 Å². The second-order valence-corrected chi connectivity index (χ2v) is 8.19. The molecule has 176 valence electrons. The van der Waals surface area contributed by atoms with Crippen LogP contribution in [0.15, 0.2) is 58.5 Å². The first-order chi connectivity index (χ1) is 16.5. The summed E-state index contributed by atoms with van der Waals surface area (Å²) in [5, 5.41) is 5.07. The number of ether oxygens (including phenoxy) is 2. The number of aromatic nitrogens is 3. The number of esters is 1. The number of carbonyl (C=O) groups excluding carboxylic acids is 2. The summed E-state index contributed by atoms with van der Waals surface area (Å²) in [5.74, 6) is -0.260. The average molecular weight is 482 g/mol. The molecule has 10 heteroatoms. The molecule has 1 aromatic heterocycles. The van der Waals surface area contributed by atoms with Crippen LogP contribution in [0.3, 0.4) is 0 Å². The fourth-order valence-corrected chi connectivity index (χ4v) is 4.31. The van der Waals surface area contributed by atoms with Crippen LogP contribution in [-0.4, -0.2) is 41.4 Å². The van der Waals surface area contributed by atoms with E-state index in [0.29, 0.717) is 33.4 Å². The number of fused-ring (bicyclic) bond motifs is 3. The fraction of sp³-hybridized carbons (Fsp3) is 0.292. The van der Waals surface area contributed by atoms with E-state index < -0.39 is 12.1 Å². The van der Waals surface area contributed by atoms with Gasteiger partial charge in [0.05, 0.1) is 23.4 Å². The van der Waals surface area contributed by atoms with Gasteiger partial charge in [-0.05, 0) is 42.1 Å². The van der Waals surface area contributed by atoms with E-state index in [0.717, 1.165) is 0 Å². The highest BCUT2D eigenvalue weighted by molar-refractivity contribution is 7.98. The lowest BCUT2D eigenvalue weighted by atomic mass is 10.0. The zero-order valence-corrected chi connectivity index (χ0v) is 19.9. The molecule has 9 nitrogen and oxygen atoms in total. The van der Waals surface area contributed by atoms with E-state index in [1.165, 1.54) is 11.8 Å². The molecule has 1 amide bonds. The van der Waals surface area contributed by atoms with E-state index in [1.807, 2.05) is 30.5 Å². The summed E-state index contributed by atoms with van der Waals surface area (Å²) < 4.78 is 12.4. The van der Waals surface area contributed by atoms with Crippen molar-refractivity contribution in [3.05, 3.63) is 64.4 Å². The molecule has 0 spiro atoms. The Hall–Kier alpha value is -3.66. The summed E-state index contributed by atoms with van der Waals surface area (Å²) in [6.45, 7) is 3.46. The number of H-pyrrole nitrogens is 1. The smallest absolute Gasteiger partial charge is 0.344 e. The van der Waals surface area contributed by atoms with Gasteiger partial charge in [-0.15, -0.1) is 0 Å². The third-order valence-corrected chi connectivity index (χ3v) is 5.94. The van der Waals surface area contributed by atoms with Crippen molar-refractivity contribution in [2.75, 3.05) is 24.4 Å². The minimum Gasteiger partial charge on any atom is -0.481 e.